The van der Waals surface area contributed by atoms with Crippen molar-refractivity contribution in [2.45, 2.75) is 32.0 Å². The van der Waals surface area contributed by atoms with Gasteiger partial charge in [-0.1, -0.05) is 6.92 Å². The molecule has 0 bridgehead atoms. The van der Waals surface area contributed by atoms with E-state index in [1.165, 1.54) is 11.0 Å². The van der Waals surface area contributed by atoms with Crippen LogP contribution in [0.4, 0.5) is 13.2 Å². The molecule has 1 unspecified atom stereocenters. The summed E-state index contributed by atoms with van der Waals surface area (Å²) >= 11 is 0. The summed E-state index contributed by atoms with van der Waals surface area (Å²) < 4.78 is 43.1. The molecule has 12 heteroatoms. The molecule has 0 saturated heterocycles. The first-order valence-electron chi connectivity index (χ1n) is 8.16. The normalized spacial score (nSPS) is 13.6. The molecule has 0 aliphatic carbocycles. The van der Waals surface area contributed by atoms with Crippen LogP contribution >= 0.6 is 0 Å². The highest BCUT2D eigenvalue weighted by Crippen LogP contribution is 2.26. The predicted molar refractivity (Wildman–Crippen MR) is 90.4 cm³/mol. The number of fused-ring (bicyclic) bond motifs is 1. The lowest BCUT2D eigenvalue weighted by Gasteiger charge is -2.15. The number of H-pyrrole nitrogens is 1. The molecule has 3 rings (SSSR count). The zero-order valence-electron chi connectivity index (χ0n) is 14.5. The number of carbonyl (C=O) groups excluding carboxylic acids is 1. The number of aromatic nitrogens is 5. The van der Waals surface area contributed by atoms with Gasteiger partial charge in [0.2, 0.25) is 0 Å². The molecule has 148 valence electrons. The van der Waals surface area contributed by atoms with Crippen LogP contribution in [0, 0.1) is 0 Å². The van der Waals surface area contributed by atoms with E-state index in [1.54, 1.807) is 25.5 Å². The molecule has 1 atom stereocenters. The molecule has 3 aromatic rings. The quantitative estimate of drug-likeness (QED) is 0.225. The first kappa shape index (κ1) is 19.3. The molecule has 9 nitrogen and oxygen atoms in total. The van der Waals surface area contributed by atoms with E-state index in [0.717, 1.165) is 5.39 Å². The number of aromatic amines is 1. The van der Waals surface area contributed by atoms with Gasteiger partial charge in [0.1, 0.15) is 12.0 Å². The molecule has 0 aliphatic rings. The van der Waals surface area contributed by atoms with Crippen molar-refractivity contribution in [1.82, 2.24) is 24.7 Å². The van der Waals surface area contributed by atoms with Crippen molar-refractivity contribution in [1.29, 1.82) is 0 Å². The minimum absolute atomic E-state index is 0.393. The zero-order valence-corrected chi connectivity index (χ0v) is 14.5. The van der Waals surface area contributed by atoms with Gasteiger partial charge >= 0.3 is 18.0 Å². The number of nitrogens with one attached hydrogen (secondary N) is 1. The Labute approximate surface area is 155 Å². The van der Waals surface area contributed by atoms with Gasteiger partial charge in [0.15, 0.2) is 0 Å². The Balaban J connectivity index is 1.77. The molecule has 2 N–H and O–H groups in total. The lowest BCUT2D eigenvalue weighted by atomic mass is 10.1. The van der Waals surface area contributed by atoms with E-state index in [0.29, 0.717) is 23.3 Å². The Bertz CT molecular complexity index is 1010. The van der Waals surface area contributed by atoms with Gasteiger partial charge in [-0.25, -0.2) is 9.97 Å². The van der Waals surface area contributed by atoms with Crippen molar-refractivity contribution in [3.63, 3.8) is 0 Å². The molecule has 0 fully saturated rings. The molecule has 3 aromatic heterocycles. The van der Waals surface area contributed by atoms with Crippen LogP contribution in [0.5, 0.6) is 0 Å². The van der Waals surface area contributed by atoms with E-state index in [4.69, 9.17) is 5.21 Å². The van der Waals surface area contributed by atoms with Crippen LogP contribution in [0.2, 0.25) is 0 Å². The number of ether oxygens (including phenoxy) is 1. The van der Waals surface area contributed by atoms with Crippen molar-refractivity contribution in [2.75, 3.05) is 0 Å². The average molecular weight is 396 g/mol. The lowest BCUT2D eigenvalue weighted by Crippen LogP contribution is -2.29. The van der Waals surface area contributed by atoms with Crippen LogP contribution in [0.1, 0.15) is 25.8 Å². The van der Waals surface area contributed by atoms with Crippen LogP contribution < -0.4 is 0 Å². The third kappa shape index (κ3) is 3.94. The Morgan fingerprint density at radius 1 is 1.43 bits per heavy atom. The third-order valence-electron chi connectivity index (χ3n) is 4.02. The molecule has 0 aromatic carbocycles. The molecular formula is C16H15F3N6O3. The SMILES string of the molecule is CCC(CC(=O)OC(=NO)C(F)(F)F)n1cc(-c2ncnc3[nH]ccc23)cn1. The number of hydrogen-bond donors (Lipinski definition) is 2. The molecular weight excluding hydrogens is 381 g/mol. The summed E-state index contributed by atoms with van der Waals surface area (Å²) in [5.74, 6) is -3.20. The Hall–Kier alpha value is -3.44. The summed E-state index contributed by atoms with van der Waals surface area (Å²) in [6, 6.07) is 1.25. The van der Waals surface area contributed by atoms with Gasteiger partial charge in [-0.05, 0) is 17.6 Å². The summed E-state index contributed by atoms with van der Waals surface area (Å²) in [5, 5.41) is 15.3. The van der Waals surface area contributed by atoms with Gasteiger partial charge in [0, 0.05) is 23.3 Å². The highest BCUT2D eigenvalue weighted by atomic mass is 19.4. The number of alkyl halides is 3. The van der Waals surface area contributed by atoms with Gasteiger partial charge in [0.05, 0.1) is 24.4 Å². The van der Waals surface area contributed by atoms with Crippen LogP contribution in [-0.4, -0.2) is 48.0 Å². The lowest BCUT2D eigenvalue weighted by molar-refractivity contribution is -0.143. The van der Waals surface area contributed by atoms with Crippen molar-refractivity contribution >= 4 is 22.9 Å². The fourth-order valence-electron chi connectivity index (χ4n) is 2.66. The van der Waals surface area contributed by atoms with Crippen molar-refractivity contribution < 1.29 is 27.9 Å². The van der Waals surface area contributed by atoms with Gasteiger partial charge in [0.25, 0.3) is 0 Å². The Morgan fingerprint density at radius 2 is 2.21 bits per heavy atom. The summed E-state index contributed by atoms with van der Waals surface area (Å²) in [4.78, 5) is 23.2. The van der Waals surface area contributed by atoms with Crippen LogP contribution in [0.15, 0.2) is 36.1 Å². The third-order valence-corrected chi connectivity index (χ3v) is 4.02. The van der Waals surface area contributed by atoms with Gasteiger partial charge < -0.3 is 14.9 Å². The van der Waals surface area contributed by atoms with Crippen molar-refractivity contribution in [3.8, 4) is 11.3 Å². The minimum atomic E-state index is -5.07. The molecule has 0 saturated carbocycles. The van der Waals surface area contributed by atoms with Gasteiger partial charge in [-0.3, -0.25) is 9.48 Å². The first-order chi connectivity index (χ1) is 13.3. The summed E-state index contributed by atoms with van der Waals surface area (Å²) in [7, 11) is 0. The first-order valence-corrected chi connectivity index (χ1v) is 8.16. The van der Waals surface area contributed by atoms with Crippen molar-refractivity contribution in [3.05, 3.63) is 31.0 Å². The molecule has 0 aliphatic heterocycles. The molecule has 28 heavy (non-hydrogen) atoms. The largest absolute Gasteiger partial charge is 0.472 e. The predicted octanol–water partition coefficient (Wildman–Crippen LogP) is 3.06. The minimum Gasteiger partial charge on any atom is -0.408 e. The maximum atomic E-state index is 12.5. The highest BCUT2D eigenvalue weighted by molar-refractivity contribution is 5.92. The summed E-state index contributed by atoms with van der Waals surface area (Å²) in [5.41, 5.74) is 1.93. The molecule has 0 amide bonds. The Kier molecular flexibility index (Phi) is 5.29. The monoisotopic (exact) mass is 396 g/mol. The standard InChI is InChI=1S/C16H15F3N6O3/c1-2-10(5-12(26)28-15(24-27)16(17,18)19)25-7-9(6-23-25)13-11-3-4-20-14(11)22-8-21-13/h3-4,6-8,10,27H,2,5H2,1H3,(H,20,21,22). The number of carbonyl (C=O) groups is 1. The smallest absolute Gasteiger partial charge is 0.408 e. The van der Waals surface area contributed by atoms with E-state index in [2.05, 4.69) is 24.8 Å². The highest BCUT2D eigenvalue weighted by Gasteiger charge is 2.41. The number of esters is 1. The number of hydrogen-bond acceptors (Lipinski definition) is 7. The number of rotatable bonds is 5. The van der Waals surface area contributed by atoms with Crippen LogP contribution in [0.25, 0.3) is 22.3 Å². The fourth-order valence-corrected chi connectivity index (χ4v) is 2.66. The van der Waals surface area contributed by atoms with E-state index in [1.807, 2.05) is 11.2 Å². The maximum Gasteiger partial charge on any atom is 0.472 e. The van der Waals surface area contributed by atoms with E-state index in [-0.39, 0.29) is 0 Å². The molecule has 0 radical (unpaired) electrons. The van der Waals surface area contributed by atoms with E-state index >= 15 is 0 Å². The molecule has 3 heterocycles. The number of oxime groups is 1. The summed E-state index contributed by atoms with van der Waals surface area (Å²) in [6.45, 7) is 1.75. The zero-order chi connectivity index (χ0) is 20.3. The van der Waals surface area contributed by atoms with E-state index in [9.17, 15) is 18.0 Å². The maximum absolute atomic E-state index is 12.5. The summed E-state index contributed by atoms with van der Waals surface area (Å²) in [6.07, 6.45) is 1.24. The van der Waals surface area contributed by atoms with Crippen LogP contribution in [0.3, 0.4) is 0 Å². The fraction of sp³-hybridized carbons (Fsp3) is 0.312. The van der Waals surface area contributed by atoms with Crippen molar-refractivity contribution in [2.24, 2.45) is 5.16 Å². The second kappa shape index (κ2) is 7.66. The number of halogens is 3. The van der Waals surface area contributed by atoms with Crippen LogP contribution in [-0.2, 0) is 9.53 Å². The van der Waals surface area contributed by atoms with E-state index < -0.39 is 30.5 Å². The molecule has 0 spiro atoms. The second-order valence-electron chi connectivity index (χ2n) is 5.81. The Morgan fingerprint density at radius 3 is 2.89 bits per heavy atom. The topological polar surface area (TPSA) is 118 Å². The second-order valence-corrected chi connectivity index (χ2v) is 5.81. The van der Waals surface area contributed by atoms with Gasteiger partial charge in [-0.15, -0.1) is 0 Å². The van der Waals surface area contributed by atoms with Gasteiger partial charge in [-0.2, -0.15) is 18.3 Å². The number of nitrogens with zero attached hydrogens (tertiary/aromatic N) is 5. The average Bonchev–Trinajstić information content (AvgIpc) is 3.32.